The maximum Gasteiger partial charge on any atom is 0.194 e. The van der Waals surface area contributed by atoms with Gasteiger partial charge in [-0.2, -0.15) is 0 Å². The van der Waals surface area contributed by atoms with Gasteiger partial charge in [0.05, 0.1) is 17.4 Å². The van der Waals surface area contributed by atoms with E-state index in [0.717, 1.165) is 16.9 Å². The summed E-state index contributed by atoms with van der Waals surface area (Å²) in [4.78, 5) is 39.6. The first-order valence-electron chi connectivity index (χ1n) is 13.1. The van der Waals surface area contributed by atoms with Crippen LogP contribution in [0.1, 0.15) is 71.5 Å². The highest BCUT2D eigenvalue weighted by Crippen LogP contribution is 2.57. The van der Waals surface area contributed by atoms with Crippen LogP contribution in [-0.2, 0) is 15.0 Å². The van der Waals surface area contributed by atoms with Gasteiger partial charge in [0.15, 0.2) is 17.3 Å². The van der Waals surface area contributed by atoms with Crippen LogP contribution < -0.4 is 10.1 Å². The van der Waals surface area contributed by atoms with Crippen LogP contribution in [0, 0.1) is 13.8 Å². The molecule has 0 bridgehead atoms. The number of rotatable bonds is 7. The summed E-state index contributed by atoms with van der Waals surface area (Å²) in [5.74, 6) is -1.67. The summed E-state index contributed by atoms with van der Waals surface area (Å²) < 4.78 is 11.5. The fourth-order valence-electron chi connectivity index (χ4n) is 5.62. The highest BCUT2D eigenvalue weighted by Gasteiger charge is 2.56. The number of hydrogen-bond acceptors (Lipinski definition) is 8. The highest BCUT2D eigenvalue weighted by atomic mass is 16.5. The Morgan fingerprint density at radius 3 is 2.38 bits per heavy atom. The second-order valence-corrected chi connectivity index (χ2v) is 10.6. The first-order valence-corrected chi connectivity index (χ1v) is 13.1. The largest absolute Gasteiger partial charge is 0.507 e. The Morgan fingerprint density at radius 2 is 1.75 bits per heavy atom. The number of nitrogens with one attached hydrogen (secondary N) is 1. The molecule has 3 aromatic rings. The average molecular weight is 542 g/mol. The van der Waals surface area contributed by atoms with E-state index in [0.29, 0.717) is 18.7 Å². The van der Waals surface area contributed by atoms with Crippen molar-refractivity contribution >= 4 is 17.3 Å². The van der Waals surface area contributed by atoms with Crippen molar-refractivity contribution in [1.29, 1.82) is 0 Å². The van der Waals surface area contributed by atoms with Gasteiger partial charge in [0, 0.05) is 29.8 Å². The molecule has 0 radical (unpaired) electrons. The molecule has 8 nitrogen and oxygen atoms in total. The van der Waals surface area contributed by atoms with Gasteiger partial charge in [-0.15, -0.1) is 0 Å². The van der Waals surface area contributed by atoms with Crippen LogP contribution in [-0.4, -0.2) is 34.1 Å². The Balaban J connectivity index is 1.47. The summed E-state index contributed by atoms with van der Waals surface area (Å²) in [6.45, 7) is 8.40. The van der Waals surface area contributed by atoms with Crippen LogP contribution in [0.2, 0.25) is 0 Å². The van der Waals surface area contributed by atoms with Gasteiger partial charge in [-0.3, -0.25) is 14.4 Å². The lowest BCUT2D eigenvalue weighted by Crippen LogP contribution is -2.41. The topological polar surface area (TPSA) is 126 Å². The molecule has 5 rings (SSSR count). The fourth-order valence-corrected chi connectivity index (χ4v) is 5.62. The first-order chi connectivity index (χ1) is 19.0. The van der Waals surface area contributed by atoms with Crippen molar-refractivity contribution < 1.29 is 33.8 Å². The number of allylic oxidation sites excluding steroid dienone is 4. The van der Waals surface area contributed by atoms with E-state index < -0.39 is 28.5 Å². The number of benzene rings is 2. The molecule has 1 aliphatic heterocycles. The summed E-state index contributed by atoms with van der Waals surface area (Å²) in [5.41, 5.74) is 1.02. The van der Waals surface area contributed by atoms with Crippen molar-refractivity contribution in [2.45, 2.75) is 52.4 Å². The third-order valence-electron chi connectivity index (χ3n) is 7.95. The number of ketones is 3. The van der Waals surface area contributed by atoms with Crippen LogP contribution in [0.15, 0.2) is 70.2 Å². The Labute approximate surface area is 232 Å². The zero-order valence-corrected chi connectivity index (χ0v) is 23.0. The molecule has 8 heteroatoms. The first kappa shape index (κ1) is 27.0. The molecule has 2 atom stereocenters. The van der Waals surface area contributed by atoms with Crippen LogP contribution >= 0.6 is 0 Å². The predicted octanol–water partition coefficient (Wildman–Crippen LogP) is 5.28. The average Bonchev–Trinajstić information content (AvgIpc) is 3.53. The van der Waals surface area contributed by atoms with E-state index in [4.69, 9.17) is 9.15 Å². The van der Waals surface area contributed by atoms with E-state index in [1.807, 2.05) is 31.2 Å². The minimum atomic E-state index is -1.55. The van der Waals surface area contributed by atoms with Gasteiger partial charge in [0.25, 0.3) is 0 Å². The molecule has 3 N–H and O–H groups in total. The van der Waals surface area contributed by atoms with Gasteiger partial charge in [0.2, 0.25) is 0 Å². The van der Waals surface area contributed by atoms with Crippen LogP contribution in [0.3, 0.4) is 0 Å². The molecule has 2 aromatic carbocycles. The molecule has 0 saturated carbocycles. The van der Waals surface area contributed by atoms with Crippen molar-refractivity contribution in [3.05, 3.63) is 99.3 Å². The van der Waals surface area contributed by atoms with E-state index in [1.165, 1.54) is 19.9 Å². The van der Waals surface area contributed by atoms with Crippen LogP contribution in [0.25, 0.3) is 0 Å². The minimum absolute atomic E-state index is 0.00843. The molecular formula is C32H31NO7. The van der Waals surface area contributed by atoms with Gasteiger partial charge in [-0.1, -0.05) is 29.8 Å². The quantitative estimate of drug-likeness (QED) is 0.210. The number of phenols is 2. The molecule has 0 amide bonds. The molecule has 0 fully saturated rings. The van der Waals surface area contributed by atoms with Crippen molar-refractivity contribution in [2.75, 3.05) is 6.54 Å². The summed E-state index contributed by atoms with van der Waals surface area (Å²) >= 11 is 0. The van der Waals surface area contributed by atoms with Gasteiger partial charge in [-0.05, 0) is 58.7 Å². The fraction of sp³-hybridized carbons (Fsp3) is 0.281. The lowest BCUT2D eigenvalue weighted by molar-refractivity contribution is -0.123. The maximum atomic E-state index is 14.0. The van der Waals surface area contributed by atoms with Crippen molar-refractivity contribution in [3.8, 4) is 17.2 Å². The number of phenolic OH excluding ortho intramolecular Hbond substituents is 2. The molecule has 0 saturated heterocycles. The molecule has 1 aliphatic carbocycles. The zero-order chi connectivity index (χ0) is 28.9. The molecule has 1 aromatic heterocycles. The number of Topliss-reactive ketones (excluding diaryl/α,β-unsaturated/α-hetero) is 2. The molecule has 1 unspecified atom stereocenters. The van der Waals surface area contributed by atoms with E-state index in [9.17, 15) is 24.6 Å². The summed E-state index contributed by atoms with van der Waals surface area (Å²) in [5, 5.41) is 24.8. The molecule has 0 spiro atoms. The number of hydrogen-bond donors (Lipinski definition) is 3. The van der Waals surface area contributed by atoms with Crippen molar-refractivity contribution in [1.82, 2.24) is 5.32 Å². The lowest BCUT2D eigenvalue weighted by atomic mass is 9.70. The molecular weight excluding hydrogens is 510 g/mol. The summed E-state index contributed by atoms with van der Waals surface area (Å²) in [6.07, 6.45) is 3.49. The Morgan fingerprint density at radius 1 is 1.05 bits per heavy atom. The third kappa shape index (κ3) is 4.11. The molecule has 40 heavy (non-hydrogen) atoms. The number of carbonyl (C=O) groups is 3. The normalized spacial score (nSPS) is 19.9. The summed E-state index contributed by atoms with van der Waals surface area (Å²) in [6, 6.07) is 12.0. The lowest BCUT2D eigenvalue weighted by Gasteiger charge is -2.29. The van der Waals surface area contributed by atoms with Gasteiger partial charge >= 0.3 is 0 Å². The molecule has 206 valence electrons. The second kappa shape index (κ2) is 9.86. The van der Waals surface area contributed by atoms with E-state index in [-0.39, 0.29) is 45.4 Å². The standard InChI is InChI=1S/C32H31NO7/c1-16-8-10-20(11-9-16)21(23-7-6-14-39-23)12-13-33-18(3)25-22(35)15-24-32(5,31(25)38)27-29(37)17(2)28(36)26(19(4)34)30(27)40-24/h6-11,14-15,21,33,36-37H,12-13H2,1-5H3/t21?,32-/m0/s1. The number of fused-ring (bicyclic) bond motifs is 3. The predicted molar refractivity (Wildman–Crippen MR) is 148 cm³/mol. The number of aromatic hydroxyl groups is 2. The Bertz CT molecular complexity index is 1610. The smallest absolute Gasteiger partial charge is 0.194 e. The van der Waals surface area contributed by atoms with Crippen LogP contribution in [0.4, 0.5) is 0 Å². The number of ether oxygens (including phenoxy) is 1. The van der Waals surface area contributed by atoms with Gasteiger partial charge in [0.1, 0.15) is 39.7 Å². The monoisotopic (exact) mass is 541 g/mol. The number of carbonyl (C=O) groups excluding carboxylic acids is 3. The van der Waals surface area contributed by atoms with E-state index in [2.05, 4.69) is 17.4 Å². The Kier molecular flexibility index (Phi) is 6.66. The molecule has 2 heterocycles. The second-order valence-electron chi connectivity index (χ2n) is 10.6. The van der Waals surface area contributed by atoms with Gasteiger partial charge < -0.3 is 24.7 Å². The van der Waals surface area contributed by atoms with Crippen molar-refractivity contribution in [2.24, 2.45) is 0 Å². The number of aryl methyl sites for hydroxylation is 1. The summed E-state index contributed by atoms with van der Waals surface area (Å²) in [7, 11) is 0. The minimum Gasteiger partial charge on any atom is -0.507 e. The van der Waals surface area contributed by atoms with Crippen molar-refractivity contribution in [3.63, 3.8) is 0 Å². The maximum absolute atomic E-state index is 14.0. The van der Waals surface area contributed by atoms with Crippen LogP contribution in [0.5, 0.6) is 17.2 Å². The SMILES string of the molecule is CC(=O)c1c(O)c(C)c(O)c2c1OC1=CC(=O)C(=C(C)NCCC(c3ccc(C)cc3)c3ccco3)C(=O)[C@@]12C. The molecule has 2 aliphatic rings. The highest BCUT2D eigenvalue weighted by molar-refractivity contribution is 6.31. The van der Waals surface area contributed by atoms with E-state index in [1.54, 1.807) is 20.1 Å². The zero-order valence-electron chi connectivity index (χ0n) is 23.0. The van der Waals surface area contributed by atoms with Gasteiger partial charge in [-0.25, -0.2) is 0 Å². The van der Waals surface area contributed by atoms with E-state index >= 15 is 0 Å². The Hall–Kier alpha value is -4.59. The number of furan rings is 1. The third-order valence-corrected chi connectivity index (χ3v) is 7.95.